The maximum Gasteiger partial charge on any atom is 0.222 e. The maximum absolute atomic E-state index is 12.4. The molecule has 8 heteroatoms. The van der Waals surface area contributed by atoms with E-state index in [2.05, 4.69) is 79.9 Å². The van der Waals surface area contributed by atoms with E-state index in [4.69, 9.17) is 23.7 Å². The minimum atomic E-state index is -0.252. The van der Waals surface area contributed by atoms with Crippen LogP contribution in [0.5, 0.6) is 0 Å². The van der Waals surface area contributed by atoms with Gasteiger partial charge in [0.25, 0.3) is 0 Å². The van der Waals surface area contributed by atoms with Crippen molar-refractivity contribution in [3.8, 4) is 0 Å². The van der Waals surface area contributed by atoms with E-state index in [1.807, 2.05) is 0 Å². The summed E-state index contributed by atoms with van der Waals surface area (Å²) in [5, 5.41) is 6.57. The second kappa shape index (κ2) is 20.2. The first-order valence-corrected chi connectivity index (χ1v) is 15.0. The van der Waals surface area contributed by atoms with Crippen LogP contribution in [-0.4, -0.2) is 88.6 Å². The first-order valence-electron chi connectivity index (χ1n) is 15.0. The average molecular weight is 561 g/mol. The summed E-state index contributed by atoms with van der Waals surface area (Å²) < 4.78 is 28.3. The lowest BCUT2D eigenvalue weighted by Crippen LogP contribution is -2.44. The normalized spacial score (nSPS) is 13.2. The molecular weight excluding hydrogens is 496 g/mol. The second-order valence-corrected chi connectivity index (χ2v) is 13.9. The summed E-state index contributed by atoms with van der Waals surface area (Å²) in [6.07, 6.45) is 5.19. The Hall–Kier alpha value is -0.770. The van der Waals surface area contributed by atoms with E-state index in [0.29, 0.717) is 59.3 Å². The molecule has 1 amide bonds. The largest absolute Gasteiger partial charge is 0.381 e. The second-order valence-electron chi connectivity index (χ2n) is 13.9. The lowest BCUT2D eigenvalue weighted by atomic mass is 9.80. The highest BCUT2D eigenvalue weighted by Crippen LogP contribution is 2.30. The average Bonchev–Trinajstić information content (AvgIpc) is 2.78. The van der Waals surface area contributed by atoms with Crippen LogP contribution in [0, 0.1) is 5.41 Å². The maximum atomic E-state index is 12.4. The van der Waals surface area contributed by atoms with Gasteiger partial charge < -0.3 is 34.3 Å². The fourth-order valence-electron chi connectivity index (χ4n) is 3.62. The third-order valence-corrected chi connectivity index (χ3v) is 6.17. The van der Waals surface area contributed by atoms with Gasteiger partial charge in [-0.05, 0) is 92.9 Å². The van der Waals surface area contributed by atoms with Crippen LogP contribution in [0.4, 0.5) is 0 Å². The molecule has 0 fully saturated rings. The molecule has 39 heavy (non-hydrogen) atoms. The predicted molar refractivity (Wildman–Crippen MR) is 160 cm³/mol. The van der Waals surface area contributed by atoms with Crippen molar-refractivity contribution in [2.75, 3.05) is 66.0 Å². The first kappa shape index (κ1) is 38.2. The zero-order valence-corrected chi connectivity index (χ0v) is 27.3. The molecule has 0 aromatic heterocycles. The van der Waals surface area contributed by atoms with Gasteiger partial charge in [0, 0.05) is 43.9 Å². The van der Waals surface area contributed by atoms with E-state index in [1.54, 1.807) is 0 Å². The Balaban J connectivity index is 3.77. The van der Waals surface area contributed by atoms with Gasteiger partial charge >= 0.3 is 0 Å². The molecule has 2 N–H and O–H groups in total. The van der Waals surface area contributed by atoms with E-state index < -0.39 is 0 Å². The summed E-state index contributed by atoms with van der Waals surface area (Å²) >= 11 is 0. The number of carbonyl (C=O) groups is 1. The van der Waals surface area contributed by atoms with Crippen LogP contribution in [0.15, 0.2) is 0 Å². The molecule has 0 bridgehead atoms. The smallest absolute Gasteiger partial charge is 0.222 e. The Kier molecular flexibility index (Phi) is 19.8. The number of ether oxygens (including phenoxy) is 5. The van der Waals surface area contributed by atoms with Gasteiger partial charge in [-0.2, -0.15) is 0 Å². The quantitative estimate of drug-likeness (QED) is 0.150. The fraction of sp³-hybridized carbons (Fsp3) is 0.968. The van der Waals surface area contributed by atoms with Crippen molar-refractivity contribution in [2.24, 2.45) is 5.41 Å². The summed E-state index contributed by atoms with van der Waals surface area (Å²) in [4.78, 5) is 12.4. The minimum Gasteiger partial charge on any atom is -0.381 e. The van der Waals surface area contributed by atoms with Crippen molar-refractivity contribution >= 4 is 5.91 Å². The standard InChI is InChI=1S/C31H64N2O6/c1-28(2,3)32-17-22-37-24-26-38-25-23-36-21-16-30(7,8)14-15-31(9,10)33-27(34)13-20-35-18-11-12-19-39-29(4,5)6/h32H,11-26H2,1-10H3,(H,33,34). The van der Waals surface area contributed by atoms with Gasteiger partial charge in [0.2, 0.25) is 5.91 Å². The number of hydrogen-bond acceptors (Lipinski definition) is 7. The molecule has 0 aliphatic carbocycles. The Labute approximate surface area is 241 Å². The number of carbonyl (C=O) groups excluding carboxylic acids is 1. The fourth-order valence-corrected chi connectivity index (χ4v) is 3.62. The summed E-state index contributed by atoms with van der Waals surface area (Å²) in [7, 11) is 0. The van der Waals surface area contributed by atoms with E-state index in [-0.39, 0.29) is 28.0 Å². The SMILES string of the molecule is CC(C)(CCOCCOCCOCCNC(C)(C)C)CCC(C)(C)NC(=O)CCOCCCCOC(C)(C)C. The predicted octanol–water partition coefficient (Wildman–Crippen LogP) is 5.52. The van der Waals surface area contributed by atoms with E-state index >= 15 is 0 Å². The topological polar surface area (TPSA) is 87.3 Å². The molecule has 0 spiro atoms. The molecule has 0 rings (SSSR count). The minimum absolute atomic E-state index is 0.0455. The summed E-state index contributed by atoms with van der Waals surface area (Å²) in [5.41, 5.74) is -0.0873. The molecule has 0 unspecified atom stereocenters. The number of amides is 1. The van der Waals surface area contributed by atoms with Crippen molar-refractivity contribution in [1.82, 2.24) is 10.6 Å². The molecular formula is C31H64N2O6. The Bertz CT molecular complexity index is 611. The zero-order chi connectivity index (χ0) is 29.8. The van der Waals surface area contributed by atoms with Gasteiger partial charge in [-0.15, -0.1) is 0 Å². The van der Waals surface area contributed by atoms with Crippen molar-refractivity contribution in [1.29, 1.82) is 0 Å². The van der Waals surface area contributed by atoms with Crippen LogP contribution in [0.2, 0.25) is 0 Å². The van der Waals surface area contributed by atoms with Crippen LogP contribution in [0.3, 0.4) is 0 Å². The molecule has 0 radical (unpaired) electrons. The van der Waals surface area contributed by atoms with Gasteiger partial charge in [0.1, 0.15) is 0 Å². The van der Waals surface area contributed by atoms with Crippen molar-refractivity contribution < 1.29 is 28.5 Å². The lowest BCUT2D eigenvalue weighted by Gasteiger charge is -2.32. The molecule has 0 aliphatic rings. The van der Waals surface area contributed by atoms with E-state index in [9.17, 15) is 4.79 Å². The zero-order valence-electron chi connectivity index (χ0n) is 27.3. The third kappa shape index (κ3) is 28.6. The number of hydrogen-bond donors (Lipinski definition) is 2. The number of nitrogens with one attached hydrogen (secondary N) is 2. The van der Waals surface area contributed by atoms with Gasteiger partial charge in [-0.1, -0.05) is 13.8 Å². The van der Waals surface area contributed by atoms with E-state index in [1.165, 1.54) is 0 Å². The van der Waals surface area contributed by atoms with Crippen molar-refractivity contribution in [3.05, 3.63) is 0 Å². The molecule has 234 valence electrons. The van der Waals surface area contributed by atoms with Gasteiger partial charge in [0.05, 0.1) is 45.2 Å². The van der Waals surface area contributed by atoms with Crippen LogP contribution in [0.25, 0.3) is 0 Å². The van der Waals surface area contributed by atoms with Gasteiger partial charge in [0.15, 0.2) is 0 Å². The van der Waals surface area contributed by atoms with Crippen molar-refractivity contribution in [2.45, 2.75) is 124 Å². The molecule has 0 saturated heterocycles. The molecule has 0 aromatic carbocycles. The molecule has 0 atom stereocenters. The third-order valence-electron chi connectivity index (χ3n) is 6.17. The summed E-state index contributed by atoms with van der Waals surface area (Å²) in [6, 6.07) is 0. The Morgan fingerprint density at radius 2 is 1.13 bits per heavy atom. The Morgan fingerprint density at radius 3 is 1.72 bits per heavy atom. The first-order chi connectivity index (χ1) is 18.0. The number of unbranched alkanes of at least 4 members (excludes halogenated alkanes) is 1. The van der Waals surface area contributed by atoms with Crippen LogP contribution < -0.4 is 10.6 Å². The Morgan fingerprint density at radius 1 is 0.590 bits per heavy atom. The number of rotatable bonds is 24. The summed E-state index contributed by atoms with van der Waals surface area (Å²) in [6.45, 7) is 27.8. The highest BCUT2D eigenvalue weighted by Gasteiger charge is 2.25. The van der Waals surface area contributed by atoms with Crippen LogP contribution in [-0.2, 0) is 28.5 Å². The monoisotopic (exact) mass is 560 g/mol. The highest BCUT2D eigenvalue weighted by atomic mass is 16.5. The molecule has 8 nitrogen and oxygen atoms in total. The van der Waals surface area contributed by atoms with Crippen LogP contribution >= 0.6 is 0 Å². The molecule has 0 aromatic rings. The van der Waals surface area contributed by atoms with E-state index in [0.717, 1.165) is 45.3 Å². The lowest BCUT2D eigenvalue weighted by molar-refractivity contribution is -0.124. The van der Waals surface area contributed by atoms with Gasteiger partial charge in [-0.3, -0.25) is 4.79 Å². The summed E-state index contributed by atoms with van der Waals surface area (Å²) in [5.74, 6) is 0.0455. The van der Waals surface area contributed by atoms with Gasteiger partial charge in [-0.25, -0.2) is 0 Å². The van der Waals surface area contributed by atoms with Crippen molar-refractivity contribution in [3.63, 3.8) is 0 Å². The molecule has 0 saturated carbocycles. The highest BCUT2D eigenvalue weighted by molar-refractivity contribution is 5.76. The molecule has 0 heterocycles. The van der Waals surface area contributed by atoms with Crippen LogP contribution in [0.1, 0.15) is 108 Å². The molecule has 0 aliphatic heterocycles.